The van der Waals surface area contributed by atoms with E-state index >= 15 is 0 Å². The van der Waals surface area contributed by atoms with Crippen LogP contribution in [0.25, 0.3) is 0 Å². The molecule has 1 aromatic carbocycles. The topological polar surface area (TPSA) is 75.7 Å². The lowest BCUT2D eigenvalue weighted by molar-refractivity contribution is 0.139. The van der Waals surface area contributed by atoms with Crippen LogP contribution in [0.1, 0.15) is 5.56 Å². The van der Waals surface area contributed by atoms with Crippen molar-refractivity contribution in [2.24, 2.45) is 5.90 Å². The quantitative estimate of drug-likeness (QED) is 0.638. The molecule has 0 fully saturated rings. The first-order valence-electron chi connectivity index (χ1n) is 3.78. The van der Waals surface area contributed by atoms with E-state index in [0.717, 1.165) is 0 Å². The number of nitrogens with two attached hydrogens (primary N) is 1. The van der Waals surface area contributed by atoms with Crippen LogP contribution in [0, 0.1) is 11.6 Å². The summed E-state index contributed by atoms with van der Waals surface area (Å²) in [7, 11) is 0. The molecule has 0 unspecified atom stereocenters. The molecular weight excluding hydrogens is 196 g/mol. The number of rotatable bonds is 3. The van der Waals surface area contributed by atoms with Crippen LogP contribution < -0.4 is 5.90 Å². The fraction of sp³-hybridized carbons (Fsp3) is 0.250. The maximum Gasteiger partial charge on any atom is 0.171 e. The van der Waals surface area contributed by atoms with E-state index < -0.39 is 28.7 Å². The molecule has 0 bridgehead atoms. The number of hydrogen-bond acceptors (Lipinski definition) is 4. The number of halogens is 2. The van der Waals surface area contributed by atoms with Crippen molar-refractivity contribution in [3.05, 3.63) is 23.3 Å². The first-order valence-corrected chi connectivity index (χ1v) is 3.78. The second-order valence-electron chi connectivity index (χ2n) is 2.64. The van der Waals surface area contributed by atoms with Gasteiger partial charge < -0.3 is 15.1 Å². The summed E-state index contributed by atoms with van der Waals surface area (Å²) < 4.78 is 26.1. The first kappa shape index (κ1) is 10.7. The van der Waals surface area contributed by atoms with Gasteiger partial charge in [0.05, 0.1) is 6.61 Å². The third kappa shape index (κ3) is 1.91. The zero-order chi connectivity index (χ0) is 10.7. The molecule has 0 spiro atoms. The Balaban J connectivity index is 3.11. The average Bonchev–Trinajstić information content (AvgIpc) is 2.15. The molecule has 1 aromatic rings. The van der Waals surface area contributed by atoms with Crippen molar-refractivity contribution in [2.45, 2.75) is 6.42 Å². The van der Waals surface area contributed by atoms with E-state index in [2.05, 4.69) is 10.7 Å². The number of phenols is 2. The summed E-state index contributed by atoms with van der Waals surface area (Å²) in [5, 5.41) is 17.9. The van der Waals surface area contributed by atoms with Gasteiger partial charge in [0.1, 0.15) is 0 Å². The lowest BCUT2D eigenvalue weighted by Crippen LogP contribution is -2.07. The van der Waals surface area contributed by atoms with Crippen molar-refractivity contribution in [3.8, 4) is 11.5 Å². The minimum absolute atomic E-state index is 0.114. The predicted molar refractivity (Wildman–Crippen MR) is 43.5 cm³/mol. The largest absolute Gasteiger partial charge is 0.505 e. The van der Waals surface area contributed by atoms with Crippen molar-refractivity contribution in [2.75, 3.05) is 6.61 Å². The van der Waals surface area contributed by atoms with Gasteiger partial charge in [-0.25, -0.2) is 14.7 Å². The summed E-state index contributed by atoms with van der Waals surface area (Å²) in [5.74, 6) is 0.837. The summed E-state index contributed by atoms with van der Waals surface area (Å²) in [6.45, 7) is -0.114. The van der Waals surface area contributed by atoms with Crippen molar-refractivity contribution in [3.63, 3.8) is 0 Å². The minimum Gasteiger partial charge on any atom is -0.505 e. The molecule has 0 amide bonds. The SMILES string of the molecule is NOCCc1c(F)c(O)cc(O)c1F. The Bertz CT molecular complexity index is 318. The van der Waals surface area contributed by atoms with Crippen LogP contribution in [0.3, 0.4) is 0 Å². The molecule has 0 saturated carbocycles. The van der Waals surface area contributed by atoms with Gasteiger partial charge in [0.2, 0.25) is 0 Å². The Morgan fingerprint density at radius 1 is 1.21 bits per heavy atom. The van der Waals surface area contributed by atoms with Crippen molar-refractivity contribution in [1.82, 2.24) is 0 Å². The minimum atomic E-state index is -1.11. The fourth-order valence-corrected chi connectivity index (χ4v) is 1.04. The molecule has 0 aromatic heterocycles. The van der Waals surface area contributed by atoms with Crippen LogP contribution in [-0.2, 0) is 11.3 Å². The van der Waals surface area contributed by atoms with Crippen LogP contribution in [0.5, 0.6) is 11.5 Å². The van der Waals surface area contributed by atoms with Gasteiger partial charge in [0.25, 0.3) is 0 Å². The number of benzene rings is 1. The van der Waals surface area contributed by atoms with Crippen LogP contribution in [0.15, 0.2) is 6.07 Å². The third-order valence-corrected chi connectivity index (χ3v) is 1.72. The molecule has 0 aliphatic rings. The third-order valence-electron chi connectivity index (χ3n) is 1.72. The standard InChI is InChI=1S/C8H9F2NO3/c9-7-4(1-2-14-11)8(10)6(13)3-5(7)12/h3,12-13H,1-2,11H2. The van der Waals surface area contributed by atoms with Gasteiger partial charge in [0.15, 0.2) is 23.1 Å². The van der Waals surface area contributed by atoms with Gasteiger partial charge in [-0.05, 0) is 0 Å². The molecule has 0 heterocycles. The Kier molecular flexibility index (Phi) is 3.21. The van der Waals surface area contributed by atoms with Crippen molar-refractivity contribution >= 4 is 0 Å². The molecule has 0 aliphatic carbocycles. The van der Waals surface area contributed by atoms with Gasteiger partial charge in [0, 0.05) is 18.1 Å². The van der Waals surface area contributed by atoms with E-state index in [9.17, 15) is 8.78 Å². The fourth-order valence-electron chi connectivity index (χ4n) is 1.04. The zero-order valence-electron chi connectivity index (χ0n) is 7.13. The molecular formula is C8H9F2NO3. The first-order chi connectivity index (χ1) is 6.57. The Labute approximate surface area is 78.5 Å². The van der Waals surface area contributed by atoms with Gasteiger partial charge >= 0.3 is 0 Å². The Hall–Kier alpha value is -1.40. The highest BCUT2D eigenvalue weighted by atomic mass is 19.1. The summed E-state index contributed by atoms with van der Waals surface area (Å²) in [6.07, 6.45) is -0.171. The molecule has 14 heavy (non-hydrogen) atoms. The van der Waals surface area contributed by atoms with E-state index in [4.69, 9.17) is 10.2 Å². The highest BCUT2D eigenvalue weighted by molar-refractivity contribution is 5.40. The molecule has 0 saturated heterocycles. The van der Waals surface area contributed by atoms with E-state index in [1.54, 1.807) is 0 Å². The predicted octanol–water partition coefficient (Wildman–Crippen LogP) is 0.809. The highest BCUT2D eigenvalue weighted by Crippen LogP contribution is 2.29. The van der Waals surface area contributed by atoms with Crippen LogP contribution in [-0.4, -0.2) is 16.8 Å². The molecule has 4 N–H and O–H groups in total. The summed E-state index contributed by atoms with van der Waals surface area (Å²) in [6, 6.07) is 0.595. The zero-order valence-corrected chi connectivity index (χ0v) is 7.13. The maximum atomic E-state index is 13.1. The average molecular weight is 205 g/mol. The van der Waals surface area contributed by atoms with Crippen molar-refractivity contribution < 1.29 is 23.8 Å². The van der Waals surface area contributed by atoms with Gasteiger partial charge in [-0.1, -0.05) is 0 Å². The van der Waals surface area contributed by atoms with Gasteiger partial charge in [-0.15, -0.1) is 0 Å². The molecule has 0 aliphatic heterocycles. The monoisotopic (exact) mass is 205 g/mol. The van der Waals surface area contributed by atoms with E-state index in [0.29, 0.717) is 6.07 Å². The number of phenolic OH excluding ortho intramolecular Hbond substituents is 2. The summed E-state index contributed by atoms with van der Waals surface area (Å²) in [5.41, 5.74) is -0.451. The smallest absolute Gasteiger partial charge is 0.171 e. The normalized spacial score (nSPS) is 10.5. The molecule has 0 radical (unpaired) electrons. The second-order valence-corrected chi connectivity index (χ2v) is 2.64. The highest BCUT2D eigenvalue weighted by Gasteiger charge is 2.17. The Morgan fingerprint density at radius 2 is 1.71 bits per heavy atom. The molecule has 1 rings (SSSR count). The maximum absolute atomic E-state index is 13.1. The molecule has 78 valence electrons. The lowest BCUT2D eigenvalue weighted by Gasteiger charge is -2.07. The molecule has 6 heteroatoms. The van der Waals surface area contributed by atoms with Gasteiger partial charge in [-0.3, -0.25) is 0 Å². The number of aromatic hydroxyl groups is 2. The number of hydrogen-bond donors (Lipinski definition) is 3. The van der Waals surface area contributed by atoms with Crippen LogP contribution in [0.4, 0.5) is 8.78 Å². The van der Waals surface area contributed by atoms with Gasteiger partial charge in [-0.2, -0.15) is 0 Å². The summed E-state index contributed by atoms with van der Waals surface area (Å²) >= 11 is 0. The molecule has 4 nitrogen and oxygen atoms in total. The lowest BCUT2D eigenvalue weighted by atomic mass is 10.1. The van der Waals surface area contributed by atoms with Crippen molar-refractivity contribution in [1.29, 1.82) is 0 Å². The Morgan fingerprint density at radius 3 is 2.14 bits per heavy atom. The van der Waals surface area contributed by atoms with E-state index in [1.165, 1.54) is 0 Å². The molecule has 0 atom stereocenters. The van der Waals surface area contributed by atoms with Crippen LogP contribution >= 0.6 is 0 Å². The summed E-state index contributed by atoms with van der Waals surface area (Å²) in [4.78, 5) is 4.14. The van der Waals surface area contributed by atoms with E-state index in [1.807, 2.05) is 0 Å². The van der Waals surface area contributed by atoms with Crippen LogP contribution in [0.2, 0.25) is 0 Å². The van der Waals surface area contributed by atoms with E-state index in [-0.39, 0.29) is 13.0 Å². The second kappa shape index (κ2) is 4.21.